The number of thiol groups is 1. The molecule has 0 heterocycles. The average molecular weight is 275 g/mol. The summed E-state index contributed by atoms with van der Waals surface area (Å²) in [5, 5.41) is 4.99. The van der Waals surface area contributed by atoms with Crippen molar-refractivity contribution in [2.75, 3.05) is 25.9 Å². The molecular weight excluding hydrogens is 254 g/mol. The van der Waals surface area contributed by atoms with Crippen LogP contribution in [0.25, 0.3) is 0 Å². The van der Waals surface area contributed by atoms with Crippen LogP contribution in [0.4, 0.5) is 0 Å². The fourth-order valence-electron chi connectivity index (χ4n) is 1.44. The van der Waals surface area contributed by atoms with Crippen LogP contribution in [0.3, 0.4) is 0 Å². The molecule has 0 aromatic heterocycles. The van der Waals surface area contributed by atoms with E-state index in [4.69, 9.17) is 0 Å². The van der Waals surface area contributed by atoms with Crippen molar-refractivity contribution in [2.45, 2.75) is 26.3 Å². The highest BCUT2D eigenvalue weighted by Crippen LogP contribution is 2.00. The van der Waals surface area contributed by atoms with Gasteiger partial charge in [-0.1, -0.05) is 6.92 Å². The normalized spacial score (nSPS) is 11.6. The van der Waals surface area contributed by atoms with Crippen molar-refractivity contribution in [1.29, 1.82) is 0 Å². The molecule has 18 heavy (non-hydrogen) atoms. The van der Waals surface area contributed by atoms with Crippen LogP contribution in [0.15, 0.2) is 0 Å². The Balaban J connectivity index is 4.70. The molecule has 0 aromatic carbocycles. The Bertz CT molecular complexity index is 310. The van der Waals surface area contributed by atoms with E-state index in [0.717, 1.165) is 6.42 Å². The van der Waals surface area contributed by atoms with Gasteiger partial charge in [-0.25, -0.2) is 0 Å². The first-order valence-corrected chi connectivity index (χ1v) is 6.46. The smallest absolute Gasteiger partial charge is 0.246 e. The van der Waals surface area contributed by atoms with Gasteiger partial charge in [0.25, 0.3) is 0 Å². The molecule has 0 saturated heterocycles. The molecule has 0 bridgehead atoms. The van der Waals surface area contributed by atoms with Crippen LogP contribution in [0.1, 0.15) is 20.3 Å². The van der Waals surface area contributed by atoms with Gasteiger partial charge in [-0.05, 0) is 6.42 Å². The largest absolute Gasteiger partial charge is 0.358 e. The molecule has 7 heteroatoms. The molecule has 6 nitrogen and oxygen atoms in total. The Kier molecular flexibility index (Phi) is 8.19. The van der Waals surface area contributed by atoms with Gasteiger partial charge < -0.3 is 15.5 Å². The maximum absolute atomic E-state index is 12.1. The van der Waals surface area contributed by atoms with Crippen LogP contribution in [-0.2, 0) is 14.4 Å². The van der Waals surface area contributed by atoms with Crippen molar-refractivity contribution in [3.05, 3.63) is 0 Å². The fourth-order valence-corrected chi connectivity index (χ4v) is 1.69. The summed E-state index contributed by atoms with van der Waals surface area (Å²) in [5.74, 6) is -0.617. The van der Waals surface area contributed by atoms with Crippen LogP contribution in [0.2, 0.25) is 0 Å². The Morgan fingerprint density at radius 1 is 1.33 bits per heavy atom. The van der Waals surface area contributed by atoms with Crippen molar-refractivity contribution in [2.24, 2.45) is 0 Å². The average Bonchev–Trinajstić information content (AvgIpc) is 2.34. The lowest BCUT2D eigenvalue weighted by Crippen LogP contribution is -2.51. The summed E-state index contributed by atoms with van der Waals surface area (Å²) in [5.41, 5.74) is 0. The van der Waals surface area contributed by atoms with E-state index in [9.17, 15) is 14.4 Å². The SMILES string of the molecule is CCCN(CC(=O)NC)C(=O)C(CS)NC(C)=O. The van der Waals surface area contributed by atoms with E-state index >= 15 is 0 Å². The lowest BCUT2D eigenvalue weighted by molar-refractivity contribution is -0.138. The summed E-state index contributed by atoms with van der Waals surface area (Å²) >= 11 is 4.04. The number of amides is 3. The van der Waals surface area contributed by atoms with E-state index in [-0.39, 0.29) is 30.0 Å². The minimum Gasteiger partial charge on any atom is -0.358 e. The van der Waals surface area contributed by atoms with Crippen LogP contribution in [0.5, 0.6) is 0 Å². The molecular formula is C11H21N3O3S. The van der Waals surface area contributed by atoms with Crippen molar-refractivity contribution in [1.82, 2.24) is 15.5 Å². The maximum Gasteiger partial charge on any atom is 0.246 e. The standard InChI is InChI=1S/C11H21N3O3S/c1-4-5-14(6-10(16)12-3)11(17)9(7-18)13-8(2)15/h9,18H,4-7H2,1-3H3,(H,12,16)(H,13,15). The number of hydrogen-bond donors (Lipinski definition) is 3. The van der Waals surface area contributed by atoms with E-state index in [0.29, 0.717) is 6.54 Å². The van der Waals surface area contributed by atoms with Crippen LogP contribution in [0, 0.1) is 0 Å². The molecule has 0 fully saturated rings. The molecule has 1 unspecified atom stereocenters. The first-order chi connectivity index (χ1) is 8.46. The molecule has 0 saturated carbocycles. The Hall–Kier alpha value is -1.24. The first kappa shape index (κ1) is 16.8. The third kappa shape index (κ3) is 5.90. The highest BCUT2D eigenvalue weighted by molar-refractivity contribution is 7.80. The van der Waals surface area contributed by atoms with Gasteiger partial charge in [0.2, 0.25) is 17.7 Å². The summed E-state index contributed by atoms with van der Waals surface area (Å²) in [6.45, 7) is 3.72. The second kappa shape index (κ2) is 8.79. The molecule has 0 rings (SSSR count). The van der Waals surface area contributed by atoms with E-state index in [2.05, 4.69) is 23.3 Å². The predicted octanol–water partition coefficient (Wildman–Crippen LogP) is -0.594. The maximum atomic E-state index is 12.1. The topological polar surface area (TPSA) is 78.5 Å². The lowest BCUT2D eigenvalue weighted by atomic mass is 10.2. The van der Waals surface area contributed by atoms with Crippen molar-refractivity contribution < 1.29 is 14.4 Å². The number of nitrogens with one attached hydrogen (secondary N) is 2. The van der Waals surface area contributed by atoms with Gasteiger partial charge in [-0.2, -0.15) is 12.6 Å². The number of rotatable bonds is 7. The Morgan fingerprint density at radius 2 is 1.94 bits per heavy atom. The molecule has 0 radical (unpaired) electrons. The van der Waals surface area contributed by atoms with Gasteiger partial charge in [0.15, 0.2) is 0 Å². The zero-order valence-electron chi connectivity index (χ0n) is 11.0. The Morgan fingerprint density at radius 3 is 2.33 bits per heavy atom. The third-order valence-electron chi connectivity index (χ3n) is 2.28. The van der Waals surface area contributed by atoms with Crippen molar-refractivity contribution in [3.63, 3.8) is 0 Å². The van der Waals surface area contributed by atoms with Crippen molar-refractivity contribution >= 4 is 30.4 Å². The van der Waals surface area contributed by atoms with Crippen LogP contribution in [-0.4, -0.2) is 54.6 Å². The lowest BCUT2D eigenvalue weighted by Gasteiger charge is -2.26. The zero-order chi connectivity index (χ0) is 14.1. The molecule has 0 aliphatic carbocycles. The summed E-state index contributed by atoms with van der Waals surface area (Å²) in [6.07, 6.45) is 0.738. The number of hydrogen-bond acceptors (Lipinski definition) is 4. The highest BCUT2D eigenvalue weighted by atomic mass is 32.1. The number of likely N-dealkylation sites (N-methyl/N-ethyl adjacent to an activating group) is 1. The van der Waals surface area contributed by atoms with Gasteiger partial charge in [0, 0.05) is 26.3 Å². The van der Waals surface area contributed by atoms with Crippen LogP contribution >= 0.6 is 12.6 Å². The summed E-state index contributed by atoms with van der Waals surface area (Å²) < 4.78 is 0. The van der Waals surface area contributed by atoms with E-state index in [1.807, 2.05) is 6.92 Å². The molecule has 104 valence electrons. The quantitative estimate of drug-likeness (QED) is 0.543. The molecule has 3 amide bonds. The molecule has 0 aliphatic heterocycles. The van der Waals surface area contributed by atoms with Crippen molar-refractivity contribution in [3.8, 4) is 0 Å². The minimum absolute atomic E-state index is 0.00691. The molecule has 1 atom stereocenters. The van der Waals surface area contributed by atoms with E-state index in [1.165, 1.54) is 18.9 Å². The molecule has 0 aliphatic rings. The Labute approximate surface area is 113 Å². The van der Waals surface area contributed by atoms with Gasteiger partial charge in [0.1, 0.15) is 6.04 Å². The van der Waals surface area contributed by atoms with E-state index < -0.39 is 6.04 Å². The third-order valence-corrected chi connectivity index (χ3v) is 2.64. The molecule has 2 N–H and O–H groups in total. The minimum atomic E-state index is -0.693. The zero-order valence-corrected chi connectivity index (χ0v) is 11.9. The molecule has 0 spiro atoms. The van der Waals surface area contributed by atoms with Gasteiger partial charge in [-0.3, -0.25) is 14.4 Å². The van der Waals surface area contributed by atoms with Gasteiger partial charge in [0.05, 0.1) is 6.54 Å². The summed E-state index contributed by atoms with van der Waals surface area (Å²) in [7, 11) is 1.51. The van der Waals surface area contributed by atoms with Gasteiger partial charge in [-0.15, -0.1) is 0 Å². The number of carbonyl (C=O) groups excluding carboxylic acids is 3. The monoisotopic (exact) mass is 275 g/mol. The predicted molar refractivity (Wildman–Crippen MR) is 72.4 cm³/mol. The number of nitrogens with zero attached hydrogens (tertiary/aromatic N) is 1. The first-order valence-electron chi connectivity index (χ1n) is 5.83. The summed E-state index contributed by atoms with van der Waals surface area (Å²) in [4.78, 5) is 35.9. The second-order valence-corrected chi connectivity index (χ2v) is 4.23. The molecule has 0 aromatic rings. The second-order valence-electron chi connectivity index (χ2n) is 3.87. The number of carbonyl (C=O) groups is 3. The van der Waals surface area contributed by atoms with Gasteiger partial charge >= 0.3 is 0 Å². The highest BCUT2D eigenvalue weighted by Gasteiger charge is 2.24. The van der Waals surface area contributed by atoms with Crippen LogP contribution < -0.4 is 10.6 Å². The summed E-state index contributed by atoms with van der Waals surface area (Å²) in [6, 6.07) is -0.693. The van der Waals surface area contributed by atoms with E-state index in [1.54, 1.807) is 0 Å². The fraction of sp³-hybridized carbons (Fsp3) is 0.727.